The van der Waals surface area contributed by atoms with Crippen LogP contribution in [0.25, 0.3) is 0 Å². The van der Waals surface area contributed by atoms with Crippen LogP contribution >= 0.6 is 15.9 Å². The van der Waals surface area contributed by atoms with Gasteiger partial charge in [0.15, 0.2) is 0 Å². The van der Waals surface area contributed by atoms with Crippen molar-refractivity contribution in [2.24, 2.45) is 0 Å². The van der Waals surface area contributed by atoms with E-state index >= 15 is 0 Å². The first kappa shape index (κ1) is 13.3. The van der Waals surface area contributed by atoms with E-state index in [-0.39, 0.29) is 0 Å². The van der Waals surface area contributed by atoms with Gasteiger partial charge in [0, 0.05) is 11.0 Å². The van der Waals surface area contributed by atoms with Gasteiger partial charge in [-0.25, -0.2) is 0 Å². The molecule has 0 atom stereocenters. The van der Waals surface area contributed by atoms with Crippen molar-refractivity contribution in [3.05, 3.63) is 22.2 Å². The number of hydrogen-bond donors (Lipinski definition) is 3. The SMILES string of the molecule is CCNS(=O)(=O)Nc1c(C)cc(Br)cc1N. The summed E-state index contributed by atoms with van der Waals surface area (Å²) in [6, 6.07) is 3.44. The largest absolute Gasteiger partial charge is 0.397 e. The quantitative estimate of drug-likeness (QED) is 0.739. The zero-order valence-corrected chi connectivity index (χ0v) is 11.4. The molecule has 0 spiro atoms. The van der Waals surface area contributed by atoms with Gasteiger partial charge in [0.25, 0.3) is 10.2 Å². The Labute approximate surface area is 104 Å². The smallest absolute Gasteiger partial charge is 0.299 e. The van der Waals surface area contributed by atoms with Crippen LogP contribution in [0.3, 0.4) is 0 Å². The third-order valence-corrected chi connectivity index (χ3v) is 3.50. The fourth-order valence-electron chi connectivity index (χ4n) is 1.27. The number of nitrogens with one attached hydrogen (secondary N) is 2. The Hall–Kier alpha value is -0.790. The van der Waals surface area contributed by atoms with Crippen molar-refractivity contribution in [3.63, 3.8) is 0 Å². The molecule has 0 aliphatic heterocycles. The number of aryl methyl sites for hydroxylation is 1. The van der Waals surface area contributed by atoms with Gasteiger partial charge in [-0.1, -0.05) is 22.9 Å². The maximum Gasteiger partial charge on any atom is 0.299 e. The van der Waals surface area contributed by atoms with E-state index in [9.17, 15) is 8.42 Å². The third kappa shape index (κ3) is 3.36. The van der Waals surface area contributed by atoms with Gasteiger partial charge in [0.1, 0.15) is 0 Å². The van der Waals surface area contributed by atoms with E-state index < -0.39 is 10.2 Å². The summed E-state index contributed by atoms with van der Waals surface area (Å²) in [6.07, 6.45) is 0. The summed E-state index contributed by atoms with van der Waals surface area (Å²) in [5, 5.41) is 0. The Morgan fingerprint density at radius 2 is 2.06 bits per heavy atom. The number of rotatable bonds is 4. The lowest BCUT2D eigenvalue weighted by Crippen LogP contribution is -2.30. The molecule has 0 radical (unpaired) electrons. The molecule has 90 valence electrons. The van der Waals surface area contributed by atoms with Crippen molar-refractivity contribution < 1.29 is 8.42 Å². The van der Waals surface area contributed by atoms with E-state index in [2.05, 4.69) is 25.4 Å². The molecule has 0 bridgehead atoms. The summed E-state index contributed by atoms with van der Waals surface area (Å²) < 4.78 is 28.5. The highest BCUT2D eigenvalue weighted by Gasteiger charge is 2.12. The van der Waals surface area contributed by atoms with Crippen LogP contribution in [0.15, 0.2) is 16.6 Å². The summed E-state index contributed by atoms with van der Waals surface area (Å²) in [7, 11) is -3.54. The maximum atomic E-state index is 11.5. The summed E-state index contributed by atoms with van der Waals surface area (Å²) >= 11 is 3.28. The lowest BCUT2D eigenvalue weighted by molar-refractivity contribution is 0.589. The Kier molecular flexibility index (Phi) is 4.17. The van der Waals surface area contributed by atoms with Crippen molar-refractivity contribution in [1.82, 2.24) is 4.72 Å². The minimum absolute atomic E-state index is 0.324. The van der Waals surface area contributed by atoms with Gasteiger partial charge in [0.05, 0.1) is 11.4 Å². The van der Waals surface area contributed by atoms with Crippen molar-refractivity contribution in [2.75, 3.05) is 17.0 Å². The zero-order valence-electron chi connectivity index (χ0n) is 9.04. The maximum absolute atomic E-state index is 11.5. The van der Waals surface area contributed by atoms with Crippen LogP contribution in [0.1, 0.15) is 12.5 Å². The van der Waals surface area contributed by atoms with E-state index in [4.69, 9.17) is 5.73 Å². The van der Waals surface area contributed by atoms with Gasteiger partial charge in [-0.2, -0.15) is 13.1 Å². The summed E-state index contributed by atoms with van der Waals surface area (Å²) in [6.45, 7) is 3.81. The predicted octanol–water partition coefficient (Wildman–Crippen LogP) is 1.61. The first-order valence-corrected chi connectivity index (χ1v) is 6.96. The minimum Gasteiger partial charge on any atom is -0.397 e. The number of hydrogen-bond acceptors (Lipinski definition) is 3. The first-order chi connectivity index (χ1) is 7.35. The van der Waals surface area contributed by atoms with Gasteiger partial charge in [-0.15, -0.1) is 0 Å². The number of benzene rings is 1. The van der Waals surface area contributed by atoms with Crippen LogP contribution in [0.2, 0.25) is 0 Å². The third-order valence-electron chi connectivity index (χ3n) is 1.90. The summed E-state index contributed by atoms with van der Waals surface area (Å²) in [5.74, 6) is 0. The second-order valence-corrected chi connectivity index (χ2v) is 5.71. The standard InChI is InChI=1S/C9H14BrN3O2S/c1-3-12-16(14,15)13-9-6(2)4-7(10)5-8(9)11/h4-5,12-13H,3,11H2,1-2H3. The molecule has 0 aromatic heterocycles. The predicted molar refractivity (Wildman–Crippen MR) is 69.5 cm³/mol. The van der Waals surface area contributed by atoms with Crippen LogP contribution in [-0.2, 0) is 10.2 Å². The normalized spacial score (nSPS) is 11.4. The molecule has 0 unspecified atom stereocenters. The molecule has 1 rings (SSSR count). The van der Waals surface area contributed by atoms with Crippen molar-refractivity contribution in [3.8, 4) is 0 Å². The highest BCUT2D eigenvalue weighted by Crippen LogP contribution is 2.28. The first-order valence-electron chi connectivity index (χ1n) is 4.68. The van der Waals surface area contributed by atoms with Gasteiger partial charge in [-0.05, 0) is 24.6 Å². The minimum atomic E-state index is -3.54. The van der Waals surface area contributed by atoms with E-state index in [1.807, 2.05) is 0 Å². The number of nitrogens with two attached hydrogens (primary N) is 1. The van der Waals surface area contributed by atoms with Crippen LogP contribution in [0.5, 0.6) is 0 Å². The van der Waals surface area contributed by atoms with Crippen molar-refractivity contribution >= 4 is 37.5 Å². The van der Waals surface area contributed by atoms with Crippen LogP contribution < -0.4 is 15.2 Å². The van der Waals surface area contributed by atoms with Crippen molar-refractivity contribution in [1.29, 1.82) is 0 Å². The highest BCUT2D eigenvalue weighted by molar-refractivity contribution is 9.10. The molecule has 7 heteroatoms. The molecule has 1 aromatic rings. The van der Waals surface area contributed by atoms with Crippen LogP contribution in [0, 0.1) is 6.92 Å². The second-order valence-electron chi connectivity index (χ2n) is 3.29. The summed E-state index contributed by atoms with van der Waals surface area (Å²) in [5.41, 5.74) is 7.29. The molecular formula is C9H14BrN3O2S. The molecule has 0 heterocycles. The van der Waals surface area contributed by atoms with E-state index in [0.717, 1.165) is 10.0 Å². The fraction of sp³-hybridized carbons (Fsp3) is 0.333. The van der Waals surface area contributed by atoms with Gasteiger partial charge in [-0.3, -0.25) is 4.72 Å². The molecule has 0 saturated carbocycles. The fourth-order valence-corrected chi connectivity index (χ4v) is 2.86. The topological polar surface area (TPSA) is 84.2 Å². The van der Waals surface area contributed by atoms with Crippen LogP contribution in [-0.4, -0.2) is 15.0 Å². The van der Waals surface area contributed by atoms with E-state index in [1.165, 1.54) is 0 Å². The van der Waals surface area contributed by atoms with Gasteiger partial charge in [0.2, 0.25) is 0 Å². The Balaban J connectivity index is 3.07. The summed E-state index contributed by atoms with van der Waals surface area (Å²) in [4.78, 5) is 0. The number of anilines is 2. The average Bonchev–Trinajstić information content (AvgIpc) is 2.11. The Morgan fingerprint density at radius 3 is 2.56 bits per heavy atom. The number of nitrogen functional groups attached to an aromatic ring is 1. The number of halogens is 1. The monoisotopic (exact) mass is 307 g/mol. The molecule has 0 aliphatic rings. The molecule has 0 fully saturated rings. The van der Waals surface area contributed by atoms with E-state index in [0.29, 0.717) is 17.9 Å². The van der Waals surface area contributed by atoms with Crippen LogP contribution in [0.4, 0.5) is 11.4 Å². The molecule has 1 aromatic carbocycles. The Bertz CT molecular complexity index is 465. The second kappa shape index (κ2) is 5.03. The molecule has 16 heavy (non-hydrogen) atoms. The zero-order chi connectivity index (χ0) is 12.3. The molecule has 5 nitrogen and oxygen atoms in total. The van der Waals surface area contributed by atoms with Gasteiger partial charge < -0.3 is 5.73 Å². The Morgan fingerprint density at radius 1 is 1.44 bits per heavy atom. The molecule has 0 saturated heterocycles. The molecule has 0 aliphatic carbocycles. The van der Waals surface area contributed by atoms with Crippen molar-refractivity contribution in [2.45, 2.75) is 13.8 Å². The average molecular weight is 308 g/mol. The lowest BCUT2D eigenvalue weighted by atomic mass is 10.2. The van der Waals surface area contributed by atoms with E-state index in [1.54, 1.807) is 26.0 Å². The molecule has 4 N–H and O–H groups in total. The molecular weight excluding hydrogens is 294 g/mol. The molecule has 0 amide bonds. The lowest BCUT2D eigenvalue weighted by Gasteiger charge is -2.13. The van der Waals surface area contributed by atoms with Gasteiger partial charge >= 0.3 is 0 Å². The highest BCUT2D eigenvalue weighted by atomic mass is 79.9.